The average Bonchev–Trinajstić information content (AvgIpc) is 2.80. The number of pyridine rings is 1. The highest BCUT2D eigenvalue weighted by Crippen LogP contribution is 2.27. The highest BCUT2D eigenvalue weighted by atomic mass is 15.2. The Labute approximate surface area is 120 Å². The van der Waals surface area contributed by atoms with E-state index in [1.165, 1.54) is 11.1 Å². The first-order valence-corrected chi connectivity index (χ1v) is 7.08. The zero-order valence-electron chi connectivity index (χ0n) is 12.4. The number of fused-ring (bicyclic) bond motifs is 1. The molecule has 3 heteroatoms. The van der Waals surface area contributed by atoms with Crippen molar-refractivity contribution in [3.63, 3.8) is 0 Å². The Bertz CT molecular complexity index is 589. The van der Waals surface area contributed by atoms with Gasteiger partial charge in [-0.1, -0.05) is 30.3 Å². The molecular formula is C17H21N3. The van der Waals surface area contributed by atoms with Crippen molar-refractivity contribution in [3.05, 3.63) is 53.6 Å². The lowest BCUT2D eigenvalue weighted by Crippen LogP contribution is -2.27. The van der Waals surface area contributed by atoms with Gasteiger partial charge in [-0.05, 0) is 44.0 Å². The molecule has 0 aliphatic carbocycles. The molecular weight excluding hydrogens is 246 g/mol. The number of nitrogens with zero attached hydrogens (tertiary/aromatic N) is 2. The summed E-state index contributed by atoms with van der Waals surface area (Å²) in [6.07, 6.45) is 0. The summed E-state index contributed by atoms with van der Waals surface area (Å²) < 4.78 is 0. The molecule has 0 atom stereocenters. The first-order valence-electron chi connectivity index (χ1n) is 7.08. The highest BCUT2D eigenvalue weighted by Gasteiger charge is 2.20. The van der Waals surface area contributed by atoms with Crippen molar-refractivity contribution in [2.75, 3.05) is 10.2 Å². The molecule has 20 heavy (non-hydrogen) atoms. The molecule has 1 aliphatic rings. The molecule has 1 aliphatic heterocycles. The number of hydrogen-bond donors (Lipinski definition) is 1. The Kier molecular flexibility index (Phi) is 3.13. The van der Waals surface area contributed by atoms with Crippen LogP contribution in [0.5, 0.6) is 0 Å². The van der Waals surface area contributed by atoms with E-state index in [1.807, 2.05) is 6.07 Å². The van der Waals surface area contributed by atoms with Gasteiger partial charge in [0.2, 0.25) is 0 Å². The molecule has 1 N–H and O–H groups in total. The van der Waals surface area contributed by atoms with Crippen molar-refractivity contribution in [1.82, 2.24) is 4.98 Å². The molecule has 3 nitrogen and oxygen atoms in total. The zero-order valence-corrected chi connectivity index (χ0v) is 12.4. The van der Waals surface area contributed by atoms with Crippen LogP contribution in [-0.4, -0.2) is 10.5 Å². The molecule has 0 saturated heterocycles. The predicted octanol–water partition coefficient (Wildman–Crippen LogP) is 3.81. The normalized spacial score (nSPS) is 14.2. The van der Waals surface area contributed by atoms with Crippen LogP contribution < -0.4 is 10.2 Å². The van der Waals surface area contributed by atoms with E-state index in [9.17, 15) is 0 Å². The van der Waals surface area contributed by atoms with E-state index in [0.29, 0.717) is 0 Å². The molecule has 1 aromatic heterocycles. The van der Waals surface area contributed by atoms with Crippen LogP contribution in [0.15, 0.2) is 42.5 Å². The number of aromatic nitrogens is 1. The van der Waals surface area contributed by atoms with Gasteiger partial charge >= 0.3 is 0 Å². The van der Waals surface area contributed by atoms with Crippen LogP contribution in [0.25, 0.3) is 0 Å². The third-order valence-electron chi connectivity index (χ3n) is 3.40. The zero-order chi connectivity index (χ0) is 14.2. The van der Waals surface area contributed by atoms with Crippen LogP contribution in [0, 0.1) is 0 Å². The number of benzene rings is 1. The van der Waals surface area contributed by atoms with Crippen molar-refractivity contribution < 1.29 is 0 Å². The monoisotopic (exact) mass is 267 g/mol. The van der Waals surface area contributed by atoms with E-state index < -0.39 is 0 Å². The standard InChI is InChI=1S/C17H21N3/c1-17(2,3)19-15-9-6-10-16(18-15)20-11-13-7-4-5-8-14(13)12-20/h4-10H,11-12H2,1-3H3,(H,18,19). The van der Waals surface area contributed by atoms with E-state index in [1.54, 1.807) is 0 Å². The van der Waals surface area contributed by atoms with Gasteiger partial charge in [-0.15, -0.1) is 0 Å². The SMILES string of the molecule is CC(C)(C)Nc1cccc(N2Cc3ccccc3C2)n1. The summed E-state index contributed by atoms with van der Waals surface area (Å²) in [7, 11) is 0. The smallest absolute Gasteiger partial charge is 0.131 e. The van der Waals surface area contributed by atoms with E-state index in [0.717, 1.165) is 24.7 Å². The van der Waals surface area contributed by atoms with Gasteiger partial charge in [-0.2, -0.15) is 0 Å². The lowest BCUT2D eigenvalue weighted by atomic mass is 10.1. The maximum atomic E-state index is 4.74. The Morgan fingerprint density at radius 2 is 1.60 bits per heavy atom. The molecule has 1 aromatic carbocycles. The van der Waals surface area contributed by atoms with Gasteiger partial charge in [0.1, 0.15) is 11.6 Å². The van der Waals surface area contributed by atoms with Crippen LogP contribution in [0.2, 0.25) is 0 Å². The Balaban J connectivity index is 1.81. The van der Waals surface area contributed by atoms with E-state index in [2.05, 4.69) is 67.4 Å². The van der Waals surface area contributed by atoms with E-state index >= 15 is 0 Å². The largest absolute Gasteiger partial charge is 0.365 e. The van der Waals surface area contributed by atoms with Crippen LogP contribution in [0.4, 0.5) is 11.6 Å². The first kappa shape index (κ1) is 13.0. The van der Waals surface area contributed by atoms with Gasteiger partial charge in [0.05, 0.1) is 0 Å². The fraction of sp³-hybridized carbons (Fsp3) is 0.353. The molecule has 2 heterocycles. The molecule has 104 valence electrons. The van der Waals surface area contributed by atoms with Gasteiger partial charge in [0.25, 0.3) is 0 Å². The first-order chi connectivity index (χ1) is 9.51. The summed E-state index contributed by atoms with van der Waals surface area (Å²) in [5.41, 5.74) is 2.84. The second kappa shape index (κ2) is 4.82. The summed E-state index contributed by atoms with van der Waals surface area (Å²) in [6, 6.07) is 14.8. The molecule has 0 radical (unpaired) electrons. The summed E-state index contributed by atoms with van der Waals surface area (Å²) in [5, 5.41) is 3.43. The highest BCUT2D eigenvalue weighted by molar-refractivity contribution is 5.51. The number of nitrogens with one attached hydrogen (secondary N) is 1. The van der Waals surface area contributed by atoms with Crippen LogP contribution in [0.1, 0.15) is 31.9 Å². The lowest BCUT2D eigenvalue weighted by molar-refractivity contribution is 0.630. The van der Waals surface area contributed by atoms with Gasteiger partial charge in [0.15, 0.2) is 0 Å². The molecule has 0 amide bonds. The maximum absolute atomic E-state index is 4.74. The van der Waals surface area contributed by atoms with E-state index in [4.69, 9.17) is 4.98 Å². The Hall–Kier alpha value is -2.03. The van der Waals surface area contributed by atoms with Crippen molar-refractivity contribution in [2.45, 2.75) is 39.4 Å². The molecule has 0 unspecified atom stereocenters. The summed E-state index contributed by atoms with van der Waals surface area (Å²) in [5.74, 6) is 1.97. The summed E-state index contributed by atoms with van der Waals surface area (Å²) in [4.78, 5) is 7.06. The Morgan fingerprint density at radius 1 is 0.950 bits per heavy atom. The second-order valence-electron chi connectivity index (χ2n) is 6.38. The van der Waals surface area contributed by atoms with Crippen molar-refractivity contribution in [2.24, 2.45) is 0 Å². The third kappa shape index (κ3) is 2.77. The van der Waals surface area contributed by atoms with E-state index in [-0.39, 0.29) is 5.54 Å². The fourth-order valence-electron chi connectivity index (χ4n) is 2.55. The van der Waals surface area contributed by atoms with Crippen LogP contribution >= 0.6 is 0 Å². The molecule has 0 saturated carbocycles. The predicted molar refractivity (Wildman–Crippen MR) is 83.9 cm³/mol. The van der Waals surface area contributed by atoms with Crippen molar-refractivity contribution in [1.29, 1.82) is 0 Å². The minimum absolute atomic E-state index is 0.0274. The van der Waals surface area contributed by atoms with Crippen molar-refractivity contribution >= 4 is 11.6 Å². The van der Waals surface area contributed by atoms with Crippen LogP contribution in [0.3, 0.4) is 0 Å². The number of rotatable bonds is 2. The second-order valence-corrected chi connectivity index (χ2v) is 6.38. The average molecular weight is 267 g/mol. The van der Waals surface area contributed by atoms with Gasteiger partial charge < -0.3 is 10.2 Å². The number of anilines is 2. The van der Waals surface area contributed by atoms with Gasteiger partial charge in [-0.3, -0.25) is 0 Å². The third-order valence-corrected chi connectivity index (χ3v) is 3.40. The molecule has 0 fully saturated rings. The molecule has 2 aromatic rings. The topological polar surface area (TPSA) is 28.2 Å². The lowest BCUT2D eigenvalue weighted by Gasteiger charge is -2.23. The number of hydrogen-bond acceptors (Lipinski definition) is 3. The minimum Gasteiger partial charge on any atom is -0.365 e. The molecule has 3 rings (SSSR count). The summed E-state index contributed by atoms with van der Waals surface area (Å²) in [6.45, 7) is 8.33. The maximum Gasteiger partial charge on any atom is 0.131 e. The molecule has 0 spiro atoms. The fourth-order valence-corrected chi connectivity index (χ4v) is 2.55. The Morgan fingerprint density at radius 3 is 2.20 bits per heavy atom. The van der Waals surface area contributed by atoms with Gasteiger partial charge in [-0.25, -0.2) is 4.98 Å². The molecule has 0 bridgehead atoms. The van der Waals surface area contributed by atoms with Crippen LogP contribution in [-0.2, 0) is 13.1 Å². The van der Waals surface area contributed by atoms with Crippen molar-refractivity contribution in [3.8, 4) is 0 Å². The minimum atomic E-state index is 0.0274. The van der Waals surface area contributed by atoms with Gasteiger partial charge in [0, 0.05) is 18.6 Å². The quantitative estimate of drug-likeness (QED) is 0.896. The summed E-state index contributed by atoms with van der Waals surface area (Å²) >= 11 is 0.